The first-order valence-electron chi connectivity index (χ1n) is 3.17. The SMILES string of the molecule is N#CN=CN1CC[C@H](O)C1. The Morgan fingerprint density at radius 1 is 1.80 bits per heavy atom. The Kier molecular flexibility index (Phi) is 2.24. The summed E-state index contributed by atoms with van der Waals surface area (Å²) in [5, 5.41) is 17.1. The third-order valence-corrected chi connectivity index (χ3v) is 1.47. The number of aliphatic imine (C=N–C) groups is 1. The van der Waals surface area contributed by atoms with Crippen molar-refractivity contribution in [3.05, 3.63) is 0 Å². The van der Waals surface area contributed by atoms with E-state index >= 15 is 0 Å². The number of rotatable bonds is 1. The molecular weight excluding hydrogens is 130 g/mol. The molecule has 4 nitrogen and oxygen atoms in total. The van der Waals surface area contributed by atoms with Crippen molar-refractivity contribution >= 4 is 6.34 Å². The van der Waals surface area contributed by atoms with Crippen LogP contribution in [0.1, 0.15) is 6.42 Å². The molecule has 0 unspecified atom stereocenters. The van der Waals surface area contributed by atoms with Gasteiger partial charge in [-0.1, -0.05) is 0 Å². The highest BCUT2D eigenvalue weighted by atomic mass is 16.3. The molecule has 4 heteroatoms. The normalized spacial score (nSPS) is 25.6. The molecule has 0 aromatic heterocycles. The maximum absolute atomic E-state index is 9.01. The van der Waals surface area contributed by atoms with Crippen molar-refractivity contribution in [1.29, 1.82) is 5.26 Å². The van der Waals surface area contributed by atoms with E-state index in [0.717, 1.165) is 13.0 Å². The minimum Gasteiger partial charge on any atom is -0.391 e. The molecule has 1 N–H and O–H groups in total. The Morgan fingerprint density at radius 3 is 3.10 bits per heavy atom. The summed E-state index contributed by atoms with van der Waals surface area (Å²) in [5.74, 6) is 0. The number of aliphatic hydroxyl groups is 1. The van der Waals surface area contributed by atoms with E-state index in [4.69, 9.17) is 10.4 Å². The quantitative estimate of drug-likeness (QED) is 0.304. The molecule has 0 radical (unpaired) electrons. The molecule has 0 spiro atoms. The van der Waals surface area contributed by atoms with Gasteiger partial charge in [0.15, 0.2) is 0 Å². The minimum absolute atomic E-state index is 0.245. The van der Waals surface area contributed by atoms with Crippen molar-refractivity contribution in [2.24, 2.45) is 4.99 Å². The smallest absolute Gasteiger partial charge is 0.207 e. The molecule has 1 saturated heterocycles. The van der Waals surface area contributed by atoms with Crippen molar-refractivity contribution in [2.75, 3.05) is 13.1 Å². The van der Waals surface area contributed by atoms with Crippen LogP contribution in [0.15, 0.2) is 4.99 Å². The predicted molar refractivity (Wildman–Crippen MR) is 36.3 cm³/mol. The van der Waals surface area contributed by atoms with Crippen molar-refractivity contribution in [1.82, 2.24) is 4.90 Å². The van der Waals surface area contributed by atoms with Gasteiger partial charge < -0.3 is 10.0 Å². The van der Waals surface area contributed by atoms with E-state index < -0.39 is 0 Å². The Hall–Kier alpha value is -1.08. The average molecular weight is 139 g/mol. The van der Waals surface area contributed by atoms with Crippen LogP contribution in [0.2, 0.25) is 0 Å². The van der Waals surface area contributed by atoms with Crippen LogP contribution < -0.4 is 0 Å². The van der Waals surface area contributed by atoms with Gasteiger partial charge in [0.1, 0.15) is 6.34 Å². The Bertz CT molecular complexity index is 172. The summed E-state index contributed by atoms with van der Waals surface area (Å²) >= 11 is 0. The monoisotopic (exact) mass is 139 g/mol. The first-order chi connectivity index (χ1) is 4.83. The molecule has 0 saturated carbocycles. The number of likely N-dealkylation sites (tertiary alicyclic amines) is 1. The van der Waals surface area contributed by atoms with Crippen LogP contribution >= 0.6 is 0 Å². The number of β-amino-alcohol motifs (C(OH)–C–C–N with tert-alkyl or cyclic N) is 1. The lowest BCUT2D eigenvalue weighted by Crippen LogP contribution is -2.19. The summed E-state index contributed by atoms with van der Waals surface area (Å²) in [6.45, 7) is 1.40. The summed E-state index contributed by atoms with van der Waals surface area (Å²) in [7, 11) is 0. The van der Waals surface area contributed by atoms with Crippen LogP contribution in [0.5, 0.6) is 0 Å². The van der Waals surface area contributed by atoms with Gasteiger partial charge >= 0.3 is 0 Å². The molecule has 0 aromatic rings. The predicted octanol–water partition coefficient (Wildman–Crippen LogP) is -0.438. The molecule has 0 bridgehead atoms. The molecule has 0 aliphatic carbocycles. The second-order valence-electron chi connectivity index (χ2n) is 2.28. The fraction of sp³-hybridized carbons (Fsp3) is 0.667. The summed E-state index contributed by atoms with van der Waals surface area (Å²) in [5.41, 5.74) is 0. The summed E-state index contributed by atoms with van der Waals surface area (Å²) < 4.78 is 0. The molecule has 1 heterocycles. The third-order valence-electron chi connectivity index (χ3n) is 1.47. The van der Waals surface area contributed by atoms with Crippen LogP contribution in [0.4, 0.5) is 0 Å². The minimum atomic E-state index is -0.245. The van der Waals surface area contributed by atoms with E-state index in [2.05, 4.69) is 4.99 Å². The highest BCUT2D eigenvalue weighted by Crippen LogP contribution is 2.05. The topological polar surface area (TPSA) is 59.6 Å². The zero-order chi connectivity index (χ0) is 7.40. The Morgan fingerprint density at radius 2 is 2.60 bits per heavy atom. The van der Waals surface area contributed by atoms with Crippen LogP contribution in [0.25, 0.3) is 0 Å². The van der Waals surface area contributed by atoms with Crippen LogP contribution in [-0.2, 0) is 0 Å². The maximum Gasteiger partial charge on any atom is 0.207 e. The number of nitrogens with zero attached hydrogens (tertiary/aromatic N) is 3. The maximum atomic E-state index is 9.01. The highest BCUT2D eigenvalue weighted by Gasteiger charge is 2.16. The number of aliphatic hydroxyl groups excluding tert-OH is 1. The van der Waals surface area contributed by atoms with Gasteiger partial charge in [0, 0.05) is 13.1 Å². The summed E-state index contributed by atoms with van der Waals surface area (Å²) in [6.07, 6.45) is 3.65. The van der Waals surface area contributed by atoms with Gasteiger partial charge in [-0.25, -0.2) is 0 Å². The Labute approximate surface area is 59.4 Å². The molecule has 0 aromatic carbocycles. The van der Waals surface area contributed by atoms with Gasteiger partial charge in [-0.15, -0.1) is 0 Å². The van der Waals surface area contributed by atoms with Crippen molar-refractivity contribution in [2.45, 2.75) is 12.5 Å². The summed E-state index contributed by atoms with van der Waals surface area (Å²) in [4.78, 5) is 5.21. The van der Waals surface area contributed by atoms with Gasteiger partial charge in [-0.2, -0.15) is 10.3 Å². The van der Waals surface area contributed by atoms with Gasteiger partial charge in [-0.05, 0) is 6.42 Å². The Balaban J connectivity index is 2.33. The van der Waals surface area contributed by atoms with Crippen LogP contribution in [0, 0.1) is 11.5 Å². The average Bonchev–Trinajstić information content (AvgIpc) is 2.31. The molecule has 54 valence electrons. The van der Waals surface area contributed by atoms with Gasteiger partial charge in [0.2, 0.25) is 6.19 Å². The fourth-order valence-electron chi connectivity index (χ4n) is 0.980. The standard InChI is InChI=1S/C6H9N3O/c7-4-8-5-9-2-1-6(10)3-9/h5-6,10H,1-3H2/t6-/m0/s1. The van der Waals surface area contributed by atoms with E-state index in [1.165, 1.54) is 6.34 Å². The van der Waals surface area contributed by atoms with E-state index in [-0.39, 0.29) is 6.10 Å². The van der Waals surface area contributed by atoms with Crippen molar-refractivity contribution in [3.63, 3.8) is 0 Å². The lowest BCUT2D eigenvalue weighted by Gasteiger charge is -2.07. The molecule has 1 atom stereocenters. The first kappa shape index (κ1) is 7.03. The van der Waals surface area contributed by atoms with Gasteiger partial charge in [0.05, 0.1) is 6.10 Å². The second kappa shape index (κ2) is 3.18. The molecule has 1 aliphatic rings. The van der Waals surface area contributed by atoms with E-state index in [1.807, 2.05) is 4.90 Å². The third kappa shape index (κ3) is 1.71. The van der Waals surface area contributed by atoms with Gasteiger partial charge in [0.25, 0.3) is 0 Å². The molecule has 10 heavy (non-hydrogen) atoms. The van der Waals surface area contributed by atoms with Crippen LogP contribution in [0.3, 0.4) is 0 Å². The van der Waals surface area contributed by atoms with E-state index in [9.17, 15) is 0 Å². The zero-order valence-corrected chi connectivity index (χ0v) is 5.56. The lowest BCUT2D eigenvalue weighted by molar-refractivity contribution is 0.189. The largest absolute Gasteiger partial charge is 0.391 e. The second-order valence-corrected chi connectivity index (χ2v) is 2.28. The molecular formula is C6H9N3O. The first-order valence-corrected chi connectivity index (χ1v) is 3.17. The van der Waals surface area contributed by atoms with E-state index in [0.29, 0.717) is 6.54 Å². The molecule has 1 rings (SSSR count). The lowest BCUT2D eigenvalue weighted by atomic mass is 10.3. The highest BCUT2D eigenvalue weighted by molar-refractivity contribution is 5.56. The summed E-state index contributed by atoms with van der Waals surface area (Å²) in [6, 6.07) is 0. The van der Waals surface area contributed by atoms with Gasteiger partial charge in [-0.3, -0.25) is 0 Å². The fourth-order valence-corrected chi connectivity index (χ4v) is 0.980. The number of hydrogen-bond donors (Lipinski definition) is 1. The molecule has 1 fully saturated rings. The van der Waals surface area contributed by atoms with Crippen LogP contribution in [-0.4, -0.2) is 35.5 Å². The van der Waals surface area contributed by atoms with E-state index in [1.54, 1.807) is 6.19 Å². The van der Waals surface area contributed by atoms with Crippen molar-refractivity contribution < 1.29 is 5.11 Å². The molecule has 0 amide bonds. The zero-order valence-electron chi connectivity index (χ0n) is 5.56. The number of nitriles is 1. The van der Waals surface area contributed by atoms with Crippen molar-refractivity contribution in [3.8, 4) is 6.19 Å². The molecule has 1 aliphatic heterocycles. The number of hydrogen-bond acceptors (Lipinski definition) is 3.